The van der Waals surface area contributed by atoms with Crippen LogP contribution >= 0.6 is 0 Å². The van der Waals surface area contributed by atoms with Gasteiger partial charge in [-0.05, 0) is 51.1 Å². The zero-order chi connectivity index (χ0) is 27.8. The van der Waals surface area contributed by atoms with Crippen molar-refractivity contribution in [1.29, 1.82) is 0 Å². The van der Waals surface area contributed by atoms with Gasteiger partial charge in [-0.1, -0.05) is 25.1 Å². The molecule has 0 unspecified atom stereocenters. The van der Waals surface area contributed by atoms with E-state index >= 15 is 0 Å². The van der Waals surface area contributed by atoms with Crippen LogP contribution in [0.15, 0.2) is 48.5 Å². The van der Waals surface area contributed by atoms with E-state index in [1.165, 1.54) is 0 Å². The molecule has 1 aliphatic heterocycles. The molecule has 5 amide bonds. The van der Waals surface area contributed by atoms with Crippen LogP contribution in [0.5, 0.6) is 5.75 Å². The van der Waals surface area contributed by atoms with Gasteiger partial charge in [0.25, 0.3) is 0 Å². The van der Waals surface area contributed by atoms with E-state index in [2.05, 4.69) is 16.0 Å². The van der Waals surface area contributed by atoms with Crippen LogP contribution in [0.25, 0.3) is 0 Å². The number of anilines is 2. The third kappa shape index (κ3) is 7.85. The molecule has 0 radical (unpaired) electrons. The second kappa shape index (κ2) is 13.1. The van der Waals surface area contributed by atoms with Gasteiger partial charge >= 0.3 is 12.1 Å². The maximum atomic E-state index is 13.3. The lowest BCUT2D eigenvalue weighted by atomic mass is 10.0. The number of aliphatic hydroxyl groups is 1. The second-order valence-corrected chi connectivity index (χ2v) is 10.1. The first kappa shape index (κ1) is 28.8. The van der Waals surface area contributed by atoms with Crippen molar-refractivity contribution < 1.29 is 24.2 Å². The van der Waals surface area contributed by atoms with Crippen LogP contribution in [0, 0.1) is 5.92 Å². The highest BCUT2D eigenvalue weighted by Gasteiger charge is 2.32. The highest BCUT2D eigenvalue weighted by Crippen LogP contribution is 2.29. The first-order valence-corrected chi connectivity index (χ1v) is 12.9. The summed E-state index contributed by atoms with van der Waals surface area (Å²) in [7, 11) is 1.70. The number of benzene rings is 2. The van der Waals surface area contributed by atoms with Crippen LogP contribution in [-0.2, 0) is 11.2 Å². The van der Waals surface area contributed by atoms with Crippen molar-refractivity contribution in [2.75, 3.05) is 37.4 Å². The van der Waals surface area contributed by atoms with E-state index in [9.17, 15) is 19.5 Å². The summed E-state index contributed by atoms with van der Waals surface area (Å²) in [5, 5.41) is 18.3. The number of carbonyl (C=O) groups excluding carboxylic acids is 3. The van der Waals surface area contributed by atoms with Gasteiger partial charge in [0.2, 0.25) is 5.91 Å². The number of carbonyl (C=O) groups is 3. The van der Waals surface area contributed by atoms with Gasteiger partial charge in [-0.25, -0.2) is 9.59 Å². The number of amides is 5. The molecule has 2 aromatic rings. The van der Waals surface area contributed by atoms with E-state index in [0.29, 0.717) is 29.2 Å². The van der Waals surface area contributed by atoms with Crippen LogP contribution in [0.1, 0.15) is 33.3 Å². The summed E-state index contributed by atoms with van der Waals surface area (Å²) in [5.74, 6) is 0.212. The lowest BCUT2D eigenvalue weighted by molar-refractivity contribution is -0.134. The van der Waals surface area contributed by atoms with Crippen molar-refractivity contribution in [2.24, 2.45) is 5.92 Å². The minimum Gasteiger partial charge on any atom is -0.488 e. The first-order valence-electron chi connectivity index (χ1n) is 12.9. The quantitative estimate of drug-likeness (QED) is 0.440. The molecule has 0 bridgehead atoms. The molecular formula is C28H39N5O5. The number of aliphatic hydroxyl groups excluding tert-OH is 1. The van der Waals surface area contributed by atoms with Gasteiger partial charge in [-0.2, -0.15) is 0 Å². The summed E-state index contributed by atoms with van der Waals surface area (Å²) < 4.78 is 6.44. The molecule has 3 rings (SSSR count). The van der Waals surface area contributed by atoms with Gasteiger partial charge in [-0.15, -0.1) is 0 Å². The Morgan fingerprint density at radius 2 is 1.82 bits per heavy atom. The molecule has 4 N–H and O–H groups in total. The average molecular weight is 526 g/mol. The van der Waals surface area contributed by atoms with Crippen molar-refractivity contribution in [3.05, 3.63) is 54.1 Å². The van der Waals surface area contributed by atoms with E-state index < -0.39 is 6.10 Å². The fourth-order valence-corrected chi connectivity index (χ4v) is 4.25. The van der Waals surface area contributed by atoms with E-state index in [1.54, 1.807) is 42.0 Å². The second-order valence-electron chi connectivity index (χ2n) is 10.1. The Hall–Kier alpha value is -3.79. The fraction of sp³-hybridized carbons (Fsp3) is 0.464. The Labute approximate surface area is 224 Å². The molecule has 3 atom stereocenters. The zero-order valence-corrected chi connectivity index (χ0v) is 22.7. The highest BCUT2D eigenvalue weighted by molar-refractivity contribution is 5.90. The normalized spacial score (nSPS) is 18.3. The molecule has 1 aliphatic rings. The number of nitrogens with zero attached hydrogens (tertiary/aromatic N) is 2. The first-order chi connectivity index (χ1) is 18.1. The molecule has 0 saturated carbocycles. The Balaban J connectivity index is 1.87. The molecule has 206 valence electrons. The number of fused-ring (bicyclic) bond motifs is 1. The van der Waals surface area contributed by atoms with Crippen LogP contribution in [-0.4, -0.2) is 77.8 Å². The maximum absolute atomic E-state index is 13.3. The number of para-hydroxylation sites is 1. The number of nitrogens with one attached hydrogen (secondary N) is 3. The molecule has 0 fully saturated rings. The van der Waals surface area contributed by atoms with Gasteiger partial charge in [0, 0.05) is 42.5 Å². The van der Waals surface area contributed by atoms with Gasteiger partial charge in [0.05, 0.1) is 25.6 Å². The zero-order valence-electron chi connectivity index (χ0n) is 22.7. The topological polar surface area (TPSA) is 123 Å². The van der Waals surface area contributed by atoms with E-state index in [0.717, 1.165) is 0 Å². The number of likely N-dealkylation sites (N-methyl/N-ethyl adjacent to an activating group) is 1. The number of rotatable bonds is 7. The van der Waals surface area contributed by atoms with Crippen LogP contribution in [0.4, 0.5) is 21.0 Å². The summed E-state index contributed by atoms with van der Waals surface area (Å²) in [6.07, 6.45) is -0.396. The Kier molecular flexibility index (Phi) is 9.95. The minimum atomic E-state index is -0.442. The SMILES string of the molecule is CC(C)NC(=O)Nc1ccc2c(c1)CC(=O)N([C@@H](C)CO)C[C@H](C)[C@H](CN(C)C(=O)Nc1ccccc1)O2. The van der Waals surface area contributed by atoms with Gasteiger partial charge in [0.15, 0.2) is 0 Å². The van der Waals surface area contributed by atoms with Crippen LogP contribution in [0.2, 0.25) is 0 Å². The van der Waals surface area contributed by atoms with Gasteiger partial charge in [0.1, 0.15) is 11.9 Å². The van der Waals surface area contributed by atoms with Gasteiger partial charge in [-0.3, -0.25) is 4.79 Å². The monoisotopic (exact) mass is 525 g/mol. The molecule has 0 saturated heterocycles. The molecule has 38 heavy (non-hydrogen) atoms. The molecule has 0 aromatic heterocycles. The lowest BCUT2D eigenvalue weighted by Gasteiger charge is -2.34. The molecule has 0 spiro atoms. The molecule has 10 heteroatoms. The molecule has 1 heterocycles. The average Bonchev–Trinajstić information content (AvgIpc) is 2.91. The molecular weight excluding hydrogens is 486 g/mol. The van der Waals surface area contributed by atoms with Crippen molar-refractivity contribution in [2.45, 2.75) is 52.3 Å². The Morgan fingerprint density at radius 3 is 2.47 bits per heavy atom. The third-order valence-corrected chi connectivity index (χ3v) is 6.42. The Bertz CT molecular complexity index is 1110. The van der Waals surface area contributed by atoms with Crippen LogP contribution < -0.4 is 20.7 Å². The Morgan fingerprint density at radius 1 is 1.11 bits per heavy atom. The van der Waals surface area contributed by atoms with Crippen molar-refractivity contribution in [1.82, 2.24) is 15.1 Å². The van der Waals surface area contributed by atoms with E-state index in [1.807, 2.05) is 51.1 Å². The summed E-state index contributed by atoms with van der Waals surface area (Å²) >= 11 is 0. The highest BCUT2D eigenvalue weighted by atomic mass is 16.5. The molecule has 10 nitrogen and oxygen atoms in total. The van der Waals surface area contributed by atoms with E-state index in [4.69, 9.17) is 4.74 Å². The predicted octanol–water partition coefficient (Wildman–Crippen LogP) is 3.53. The molecule has 2 aromatic carbocycles. The van der Waals surface area contributed by atoms with Crippen molar-refractivity contribution >= 4 is 29.3 Å². The standard InChI is InChI=1S/C28H39N5O5/c1-18(2)29-27(36)30-23-11-12-24-21(13-23)14-26(35)33(20(4)17-34)15-19(3)25(38-24)16-32(5)28(37)31-22-9-7-6-8-10-22/h6-13,18-20,25,34H,14-17H2,1-5H3,(H,31,37)(H2,29,30,36)/t19-,20-,25-/m0/s1. The predicted molar refractivity (Wildman–Crippen MR) is 147 cm³/mol. The largest absolute Gasteiger partial charge is 0.488 e. The maximum Gasteiger partial charge on any atom is 0.321 e. The summed E-state index contributed by atoms with van der Waals surface area (Å²) in [4.78, 5) is 41.6. The number of hydrogen-bond acceptors (Lipinski definition) is 5. The van der Waals surface area contributed by atoms with Gasteiger partial charge < -0.3 is 35.6 Å². The summed E-state index contributed by atoms with van der Waals surface area (Å²) in [6, 6.07) is 13.4. The smallest absolute Gasteiger partial charge is 0.321 e. The number of urea groups is 2. The van der Waals surface area contributed by atoms with Crippen molar-refractivity contribution in [3.63, 3.8) is 0 Å². The third-order valence-electron chi connectivity index (χ3n) is 6.42. The van der Waals surface area contributed by atoms with Crippen molar-refractivity contribution in [3.8, 4) is 5.75 Å². The molecule has 0 aliphatic carbocycles. The summed E-state index contributed by atoms with van der Waals surface area (Å²) in [6.45, 7) is 7.95. The number of ether oxygens (including phenoxy) is 1. The summed E-state index contributed by atoms with van der Waals surface area (Å²) in [5.41, 5.74) is 1.83. The van der Waals surface area contributed by atoms with Crippen LogP contribution in [0.3, 0.4) is 0 Å². The minimum absolute atomic E-state index is 0.0281. The number of hydrogen-bond donors (Lipinski definition) is 4. The fourth-order valence-electron chi connectivity index (χ4n) is 4.25. The van der Waals surface area contributed by atoms with E-state index in [-0.39, 0.29) is 55.5 Å². The lowest BCUT2D eigenvalue weighted by Crippen LogP contribution is -2.48.